The van der Waals surface area contributed by atoms with Gasteiger partial charge in [-0.2, -0.15) is 0 Å². The predicted molar refractivity (Wildman–Crippen MR) is 71.3 cm³/mol. The number of aryl methyl sites for hydroxylation is 1. The van der Waals surface area contributed by atoms with Crippen molar-refractivity contribution in [2.45, 2.75) is 13.8 Å². The van der Waals surface area contributed by atoms with Crippen LogP contribution in [0, 0.1) is 6.92 Å². The van der Waals surface area contributed by atoms with Gasteiger partial charge in [0.05, 0.1) is 16.9 Å². The standard InChI is InChI=1S/C12H15N3O2S/c1-5-17-10-8-7(2)9(12(16)15(3)4)18-11(8)14-6-13-10/h6H,5H2,1-4H3. The van der Waals surface area contributed by atoms with E-state index in [1.165, 1.54) is 17.7 Å². The molecule has 6 heteroatoms. The van der Waals surface area contributed by atoms with Gasteiger partial charge in [0.1, 0.15) is 11.2 Å². The number of fused-ring (bicyclic) bond motifs is 1. The summed E-state index contributed by atoms with van der Waals surface area (Å²) in [5, 5.41) is 0.842. The summed E-state index contributed by atoms with van der Waals surface area (Å²) in [7, 11) is 3.47. The Kier molecular flexibility index (Phi) is 3.47. The minimum Gasteiger partial charge on any atom is -0.477 e. The highest BCUT2D eigenvalue weighted by atomic mass is 32.1. The Hall–Kier alpha value is -1.69. The zero-order chi connectivity index (χ0) is 13.3. The maximum absolute atomic E-state index is 12.1. The van der Waals surface area contributed by atoms with E-state index in [-0.39, 0.29) is 5.91 Å². The zero-order valence-corrected chi connectivity index (χ0v) is 11.7. The molecule has 2 rings (SSSR count). The summed E-state index contributed by atoms with van der Waals surface area (Å²) in [6, 6.07) is 0. The molecule has 0 N–H and O–H groups in total. The summed E-state index contributed by atoms with van der Waals surface area (Å²) in [6.45, 7) is 4.35. The highest BCUT2D eigenvalue weighted by molar-refractivity contribution is 7.20. The van der Waals surface area contributed by atoms with E-state index in [0.717, 1.165) is 15.8 Å². The van der Waals surface area contributed by atoms with Gasteiger partial charge in [-0.25, -0.2) is 9.97 Å². The molecule has 0 unspecified atom stereocenters. The molecule has 0 saturated heterocycles. The molecule has 0 saturated carbocycles. The third-order valence-corrected chi connectivity index (χ3v) is 3.76. The highest BCUT2D eigenvalue weighted by Crippen LogP contribution is 2.34. The van der Waals surface area contributed by atoms with E-state index < -0.39 is 0 Å². The average Bonchev–Trinajstić information content (AvgIpc) is 2.67. The van der Waals surface area contributed by atoms with Crippen LogP contribution in [-0.2, 0) is 0 Å². The van der Waals surface area contributed by atoms with Crippen LogP contribution < -0.4 is 4.74 Å². The molecule has 96 valence electrons. The minimum absolute atomic E-state index is 0.0158. The normalized spacial score (nSPS) is 10.7. The smallest absolute Gasteiger partial charge is 0.263 e. The molecule has 18 heavy (non-hydrogen) atoms. The summed E-state index contributed by atoms with van der Waals surface area (Å²) in [4.78, 5) is 23.4. The van der Waals surface area contributed by atoms with Gasteiger partial charge in [-0.15, -0.1) is 11.3 Å². The molecule has 0 fully saturated rings. The molecule has 2 aromatic rings. The molecule has 2 aromatic heterocycles. The number of carbonyl (C=O) groups excluding carboxylic acids is 1. The largest absolute Gasteiger partial charge is 0.477 e. The number of carbonyl (C=O) groups is 1. The van der Waals surface area contributed by atoms with E-state index in [1.54, 1.807) is 19.0 Å². The van der Waals surface area contributed by atoms with Crippen molar-refractivity contribution in [1.82, 2.24) is 14.9 Å². The molecule has 0 aromatic carbocycles. The van der Waals surface area contributed by atoms with Crippen LogP contribution in [0.1, 0.15) is 22.2 Å². The molecule has 0 aliphatic carbocycles. The maximum Gasteiger partial charge on any atom is 0.263 e. The topological polar surface area (TPSA) is 55.3 Å². The summed E-state index contributed by atoms with van der Waals surface area (Å²) >= 11 is 1.38. The lowest BCUT2D eigenvalue weighted by Gasteiger charge is -2.08. The Morgan fingerprint density at radius 1 is 1.44 bits per heavy atom. The lowest BCUT2D eigenvalue weighted by atomic mass is 10.2. The van der Waals surface area contributed by atoms with Crippen LogP contribution in [0.4, 0.5) is 0 Å². The van der Waals surface area contributed by atoms with E-state index in [0.29, 0.717) is 17.4 Å². The first-order valence-electron chi connectivity index (χ1n) is 5.64. The van der Waals surface area contributed by atoms with E-state index in [4.69, 9.17) is 4.74 Å². The van der Waals surface area contributed by atoms with Crippen LogP contribution in [0.15, 0.2) is 6.33 Å². The van der Waals surface area contributed by atoms with Crippen LogP contribution in [0.5, 0.6) is 5.88 Å². The Morgan fingerprint density at radius 2 is 2.17 bits per heavy atom. The fourth-order valence-electron chi connectivity index (χ4n) is 1.69. The molecule has 5 nitrogen and oxygen atoms in total. The molecule has 0 spiro atoms. The molecule has 0 bridgehead atoms. The number of hydrogen-bond donors (Lipinski definition) is 0. The van der Waals surface area contributed by atoms with Crippen LogP contribution in [0.3, 0.4) is 0 Å². The van der Waals surface area contributed by atoms with Gasteiger partial charge in [-0.05, 0) is 19.4 Å². The second-order valence-electron chi connectivity index (χ2n) is 4.05. The number of amides is 1. The zero-order valence-electron chi connectivity index (χ0n) is 10.9. The van der Waals surface area contributed by atoms with Crippen LogP contribution >= 0.6 is 11.3 Å². The predicted octanol–water partition coefficient (Wildman–Crippen LogP) is 2.10. The van der Waals surface area contributed by atoms with E-state index in [2.05, 4.69) is 9.97 Å². The summed E-state index contributed by atoms with van der Waals surface area (Å²) < 4.78 is 5.48. The van der Waals surface area contributed by atoms with E-state index in [9.17, 15) is 4.79 Å². The fraction of sp³-hybridized carbons (Fsp3) is 0.417. The van der Waals surface area contributed by atoms with Crippen molar-refractivity contribution in [2.75, 3.05) is 20.7 Å². The van der Waals surface area contributed by atoms with Crippen LogP contribution in [0.2, 0.25) is 0 Å². The molecular formula is C12H15N3O2S. The SMILES string of the molecule is CCOc1ncnc2sc(C(=O)N(C)C)c(C)c12. The number of ether oxygens (including phenoxy) is 1. The van der Waals surface area contributed by atoms with Gasteiger partial charge < -0.3 is 9.64 Å². The van der Waals surface area contributed by atoms with Crippen molar-refractivity contribution in [3.8, 4) is 5.88 Å². The summed E-state index contributed by atoms with van der Waals surface area (Å²) in [6.07, 6.45) is 1.47. The van der Waals surface area contributed by atoms with Gasteiger partial charge in [0.25, 0.3) is 5.91 Å². The Balaban J connectivity index is 2.63. The van der Waals surface area contributed by atoms with Crippen molar-refractivity contribution in [1.29, 1.82) is 0 Å². The maximum atomic E-state index is 12.1. The van der Waals surface area contributed by atoms with E-state index in [1.807, 2.05) is 13.8 Å². The third kappa shape index (κ3) is 2.03. The monoisotopic (exact) mass is 265 g/mol. The van der Waals surface area contributed by atoms with Gasteiger partial charge in [-0.1, -0.05) is 0 Å². The lowest BCUT2D eigenvalue weighted by Crippen LogP contribution is -2.21. The van der Waals surface area contributed by atoms with Crippen LogP contribution in [-0.4, -0.2) is 41.5 Å². The van der Waals surface area contributed by atoms with Gasteiger partial charge in [0.15, 0.2) is 0 Å². The summed E-state index contributed by atoms with van der Waals surface area (Å²) in [5.41, 5.74) is 0.887. The second-order valence-corrected chi connectivity index (χ2v) is 5.05. The van der Waals surface area contributed by atoms with Crippen molar-refractivity contribution in [3.05, 3.63) is 16.8 Å². The van der Waals surface area contributed by atoms with Gasteiger partial charge >= 0.3 is 0 Å². The first-order valence-corrected chi connectivity index (χ1v) is 6.46. The van der Waals surface area contributed by atoms with Crippen LogP contribution in [0.25, 0.3) is 10.2 Å². The molecule has 0 radical (unpaired) electrons. The van der Waals surface area contributed by atoms with Crippen molar-refractivity contribution in [3.63, 3.8) is 0 Å². The summed E-state index contributed by atoms with van der Waals surface area (Å²) in [5.74, 6) is 0.534. The molecule has 0 aliphatic heterocycles. The molecule has 2 heterocycles. The van der Waals surface area contributed by atoms with Crippen molar-refractivity contribution < 1.29 is 9.53 Å². The molecule has 0 aliphatic rings. The quantitative estimate of drug-likeness (QED) is 0.852. The van der Waals surface area contributed by atoms with Gasteiger partial charge in [0, 0.05) is 14.1 Å². The second kappa shape index (κ2) is 4.89. The molecular weight excluding hydrogens is 250 g/mol. The molecule has 0 atom stereocenters. The van der Waals surface area contributed by atoms with E-state index >= 15 is 0 Å². The first-order chi connectivity index (χ1) is 8.56. The highest BCUT2D eigenvalue weighted by Gasteiger charge is 2.20. The first kappa shape index (κ1) is 12.8. The number of nitrogens with zero attached hydrogens (tertiary/aromatic N) is 3. The molecule has 1 amide bonds. The Labute approximate surface area is 109 Å². The fourth-order valence-corrected chi connectivity index (χ4v) is 2.85. The minimum atomic E-state index is -0.0158. The average molecular weight is 265 g/mol. The lowest BCUT2D eigenvalue weighted by molar-refractivity contribution is 0.0831. The van der Waals surface area contributed by atoms with Gasteiger partial charge in [0.2, 0.25) is 5.88 Å². The Morgan fingerprint density at radius 3 is 2.78 bits per heavy atom. The number of aromatic nitrogens is 2. The number of thiophene rings is 1. The van der Waals surface area contributed by atoms with Gasteiger partial charge in [-0.3, -0.25) is 4.79 Å². The number of hydrogen-bond acceptors (Lipinski definition) is 5. The third-order valence-electron chi connectivity index (χ3n) is 2.57. The Bertz CT molecular complexity index is 592. The number of rotatable bonds is 3. The van der Waals surface area contributed by atoms with Crippen molar-refractivity contribution in [2.24, 2.45) is 0 Å². The van der Waals surface area contributed by atoms with Crippen molar-refractivity contribution >= 4 is 27.5 Å².